The maximum Gasteiger partial charge on any atom is 0.194 e. The van der Waals surface area contributed by atoms with E-state index < -0.39 is 0 Å². The van der Waals surface area contributed by atoms with Crippen LogP contribution in [0.2, 0.25) is 0 Å². The number of thiophene rings is 1. The van der Waals surface area contributed by atoms with Crippen molar-refractivity contribution in [2.24, 2.45) is 4.99 Å². The second-order valence-corrected chi connectivity index (χ2v) is 8.28. The number of carbonyl (C=O) groups is 1. The molecule has 1 aliphatic carbocycles. The molecule has 26 heavy (non-hydrogen) atoms. The lowest BCUT2D eigenvalue weighted by atomic mass is 9.96. The van der Waals surface area contributed by atoms with Gasteiger partial charge in [0.15, 0.2) is 5.78 Å². The van der Waals surface area contributed by atoms with Crippen LogP contribution in [-0.4, -0.2) is 48.8 Å². The molecule has 3 heterocycles. The predicted molar refractivity (Wildman–Crippen MR) is 107 cm³/mol. The van der Waals surface area contributed by atoms with E-state index in [4.69, 9.17) is 0 Å². The molecule has 0 atom stereocenters. The van der Waals surface area contributed by atoms with Gasteiger partial charge in [-0.25, -0.2) is 10.4 Å². The molecule has 1 saturated carbocycles. The summed E-state index contributed by atoms with van der Waals surface area (Å²) < 4.78 is 0. The molecule has 2 aromatic rings. The van der Waals surface area contributed by atoms with Gasteiger partial charge < -0.3 is 4.90 Å². The minimum absolute atomic E-state index is 0.141. The third kappa shape index (κ3) is 3.33. The van der Waals surface area contributed by atoms with Crippen molar-refractivity contribution in [1.82, 2.24) is 15.4 Å². The van der Waals surface area contributed by atoms with Crippen molar-refractivity contribution in [3.63, 3.8) is 0 Å². The summed E-state index contributed by atoms with van der Waals surface area (Å²) in [6, 6.07) is 2.45. The van der Waals surface area contributed by atoms with Crippen molar-refractivity contribution < 1.29 is 4.79 Å². The van der Waals surface area contributed by atoms with E-state index >= 15 is 0 Å². The topological polar surface area (TPSA) is 60.8 Å². The zero-order chi connectivity index (χ0) is 18.1. The van der Waals surface area contributed by atoms with Crippen molar-refractivity contribution in [2.75, 3.05) is 25.5 Å². The number of hydrogen-bond acceptors (Lipinski definition) is 7. The van der Waals surface area contributed by atoms with E-state index in [2.05, 4.69) is 20.3 Å². The van der Waals surface area contributed by atoms with Crippen LogP contribution in [-0.2, 0) is 6.54 Å². The summed E-state index contributed by atoms with van der Waals surface area (Å²) in [5.74, 6) is 0.141. The molecule has 1 aliphatic heterocycles. The van der Waals surface area contributed by atoms with Crippen molar-refractivity contribution in [3.05, 3.63) is 22.7 Å². The molecule has 7 heteroatoms. The Kier molecular flexibility index (Phi) is 4.91. The number of hydrogen-bond donors (Lipinski definition) is 1. The van der Waals surface area contributed by atoms with Crippen LogP contribution < -0.4 is 10.3 Å². The van der Waals surface area contributed by atoms with E-state index in [0.717, 1.165) is 26.3 Å². The molecule has 1 N–H and O–H groups in total. The Morgan fingerprint density at radius 1 is 1.27 bits per heavy atom. The van der Waals surface area contributed by atoms with Crippen molar-refractivity contribution in [3.8, 4) is 0 Å². The Bertz CT molecular complexity index is 838. The molecular weight excluding hydrogens is 346 g/mol. The third-order valence-corrected chi connectivity index (χ3v) is 6.32. The Morgan fingerprint density at radius 2 is 2.08 bits per heavy atom. The molecule has 2 aromatic heterocycles. The highest BCUT2D eigenvalue weighted by Crippen LogP contribution is 2.37. The number of anilines is 1. The number of aliphatic imine (C=N–C) groups is 1. The molecule has 4 rings (SSSR count). The smallest absolute Gasteiger partial charge is 0.194 e. The van der Waals surface area contributed by atoms with Gasteiger partial charge in [0, 0.05) is 43.0 Å². The van der Waals surface area contributed by atoms with Crippen LogP contribution in [0, 0.1) is 0 Å². The summed E-state index contributed by atoms with van der Waals surface area (Å²) in [6.07, 6.45) is 9.78. The van der Waals surface area contributed by atoms with Crippen LogP contribution in [0.4, 0.5) is 5.69 Å². The van der Waals surface area contributed by atoms with Crippen molar-refractivity contribution in [1.29, 1.82) is 0 Å². The fraction of sp³-hybridized carbons (Fsp3) is 0.526. The van der Waals surface area contributed by atoms with Gasteiger partial charge in [-0.05, 0) is 18.9 Å². The summed E-state index contributed by atoms with van der Waals surface area (Å²) >= 11 is 1.49. The minimum atomic E-state index is 0.141. The maximum absolute atomic E-state index is 13.0. The predicted octanol–water partition coefficient (Wildman–Crippen LogP) is 3.23. The number of nitrogens with zero attached hydrogens (tertiary/aromatic N) is 4. The zero-order valence-electron chi connectivity index (χ0n) is 15.4. The lowest BCUT2D eigenvalue weighted by Gasteiger charge is -2.30. The molecule has 1 fully saturated rings. The summed E-state index contributed by atoms with van der Waals surface area (Å²) in [5.41, 5.74) is 5.60. The molecule has 0 radical (unpaired) electrons. The van der Waals surface area contributed by atoms with Crippen LogP contribution in [0.5, 0.6) is 0 Å². The molecule has 6 nitrogen and oxygen atoms in total. The highest BCUT2D eigenvalue weighted by atomic mass is 32.1. The molecule has 0 unspecified atom stereocenters. The van der Waals surface area contributed by atoms with Gasteiger partial charge in [0.2, 0.25) is 0 Å². The summed E-state index contributed by atoms with van der Waals surface area (Å²) in [5, 5.41) is 2.95. The van der Waals surface area contributed by atoms with Gasteiger partial charge in [0.05, 0.1) is 18.0 Å². The number of rotatable bonds is 3. The molecule has 2 aliphatic rings. The van der Waals surface area contributed by atoms with Gasteiger partial charge in [-0.15, -0.1) is 11.3 Å². The molecule has 0 aromatic carbocycles. The van der Waals surface area contributed by atoms with E-state index in [9.17, 15) is 4.79 Å². The van der Waals surface area contributed by atoms with Crippen LogP contribution in [0.25, 0.3) is 10.2 Å². The normalized spacial score (nSPS) is 18.7. The van der Waals surface area contributed by atoms with E-state index in [1.165, 1.54) is 43.4 Å². The summed E-state index contributed by atoms with van der Waals surface area (Å²) in [6.45, 7) is 0.827. The zero-order valence-corrected chi connectivity index (χ0v) is 16.2. The maximum atomic E-state index is 13.0. The van der Waals surface area contributed by atoms with E-state index in [1.807, 2.05) is 31.4 Å². The average Bonchev–Trinajstić information content (AvgIpc) is 2.99. The first kappa shape index (κ1) is 17.4. The second kappa shape index (κ2) is 7.32. The highest BCUT2D eigenvalue weighted by Gasteiger charge is 2.25. The van der Waals surface area contributed by atoms with Gasteiger partial charge in [-0.1, -0.05) is 19.3 Å². The lowest BCUT2D eigenvalue weighted by molar-refractivity contribution is 0.0934. The fourth-order valence-electron chi connectivity index (χ4n) is 3.86. The number of Topliss-reactive ketones (excluding diaryl/α,β-unsaturated/α-hetero) is 1. The molecule has 138 valence electrons. The number of fused-ring (bicyclic) bond motifs is 3. The molecule has 0 bridgehead atoms. The van der Waals surface area contributed by atoms with E-state index in [0.29, 0.717) is 19.1 Å². The first-order valence-electron chi connectivity index (χ1n) is 9.27. The minimum Gasteiger partial charge on any atom is -0.377 e. The molecular formula is C19H25N5OS. The van der Waals surface area contributed by atoms with Crippen LogP contribution in [0.15, 0.2) is 17.3 Å². The van der Waals surface area contributed by atoms with Gasteiger partial charge >= 0.3 is 0 Å². The summed E-state index contributed by atoms with van der Waals surface area (Å²) in [4.78, 5) is 25.9. The number of carbonyl (C=O) groups excluding carboxylic acids is 1. The van der Waals surface area contributed by atoms with Gasteiger partial charge in [-0.2, -0.15) is 0 Å². The van der Waals surface area contributed by atoms with E-state index in [-0.39, 0.29) is 5.78 Å². The largest absolute Gasteiger partial charge is 0.377 e. The monoisotopic (exact) mass is 371 g/mol. The average molecular weight is 372 g/mol. The fourth-order valence-corrected chi connectivity index (χ4v) is 4.96. The highest BCUT2D eigenvalue weighted by molar-refractivity contribution is 7.20. The number of nitrogens with one attached hydrogen (secondary N) is 1. The van der Waals surface area contributed by atoms with Crippen LogP contribution in [0.1, 0.15) is 47.3 Å². The standard InChI is InChI=1S/C19H25N5OS/c1-23(2)15-8-9-21-19-17(15)14-10-20-12-24(11-16(25)18(14)26-19)22-13-6-4-3-5-7-13/h8-9,12-13,22H,3-7,10-11H2,1-2H3. The second-order valence-electron chi connectivity index (χ2n) is 7.29. The number of pyridine rings is 1. The Labute approximate surface area is 157 Å². The Balaban J connectivity index is 1.63. The SMILES string of the molecule is CN(C)c1ccnc2sc3c(c12)CN=CN(NC1CCCCC1)CC3=O. The first-order chi connectivity index (χ1) is 12.6. The number of ketones is 1. The number of aromatic nitrogens is 1. The van der Waals surface area contributed by atoms with E-state index in [1.54, 1.807) is 6.34 Å². The number of hydrazine groups is 1. The van der Waals surface area contributed by atoms with Gasteiger partial charge in [0.1, 0.15) is 11.2 Å². The quantitative estimate of drug-likeness (QED) is 0.898. The van der Waals surface area contributed by atoms with Crippen molar-refractivity contribution >= 4 is 39.4 Å². The van der Waals surface area contributed by atoms with Crippen LogP contribution >= 0.6 is 11.3 Å². The van der Waals surface area contributed by atoms with Gasteiger partial charge in [-0.3, -0.25) is 14.8 Å². The third-order valence-electron chi connectivity index (χ3n) is 5.14. The molecule has 0 amide bonds. The Morgan fingerprint density at radius 3 is 2.85 bits per heavy atom. The summed E-state index contributed by atoms with van der Waals surface area (Å²) in [7, 11) is 4.03. The van der Waals surface area contributed by atoms with Crippen LogP contribution in [0.3, 0.4) is 0 Å². The molecule has 0 saturated heterocycles. The lowest BCUT2D eigenvalue weighted by Crippen LogP contribution is -2.47. The Hall–Kier alpha value is -1.99. The molecule has 0 spiro atoms. The first-order valence-corrected chi connectivity index (χ1v) is 10.1. The van der Waals surface area contributed by atoms with Crippen molar-refractivity contribution in [2.45, 2.75) is 44.7 Å². The van der Waals surface area contributed by atoms with Gasteiger partial charge in [0.25, 0.3) is 0 Å².